The van der Waals surface area contributed by atoms with Gasteiger partial charge in [-0.3, -0.25) is 14.8 Å². The Kier molecular flexibility index (Phi) is 4.81. The highest BCUT2D eigenvalue weighted by Gasteiger charge is 2.32. The van der Waals surface area contributed by atoms with Crippen molar-refractivity contribution in [2.24, 2.45) is 0 Å². The van der Waals surface area contributed by atoms with E-state index in [0.29, 0.717) is 6.54 Å². The molecule has 3 aromatic rings. The van der Waals surface area contributed by atoms with E-state index in [1.165, 1.54) is 7.11 Å². The van der Waals surface area contributed by atoms with Crippen LogP contribution in [0.25, 0.3) is 22.0 Å². The minimum atomic E-state index is -0.165. The Hall–Kier alpha value is -2.86. The molecule has 1 fully saturated rings. The summed E-state index contributed by atoms with van der Waals surface area (Å²) in [5.74, 6) is 0.692. The van der Waals surface area contributed by atoms with E-state index in [4.69, 9.17) is 9.47 Å². The highest BCUT2D eigenvalue weighted by molar-refractivity contribution is 5.88. The molecule has 1 aliphatic heterocycles. The number of esters is 1. The van der Waals surface area contributed by atoms with Gasteiger partial charge < -0.3 is 9.47 Å². The zero-order valence-corrected chi connectivity index (χ0v) is 15.6. The molecule has 0 bridgehead atoms. The van der Waals surface area contributed by atoms with Crippen LogP contribution in [0.15, 0.2) is 42.6 Å². The van der Waals surface area contributed by atoms with Gasteiger partial charge in [-0.05, 0) is 48.4 Å². The smallest absolute Gasteiger partial charge is 0.323 e. The van der Waals surface area contributed by atoms with Crippen LogP contribution in [0.2, 0.25) is 0 Å². The van der Waals surface area contributed by atoms with Gasteiger partial charge in [0.15, 0.2) is 0 Å². The number of fused-ring (bicyclic) bond motifs is 1. The number of methoxy groups -OCH3 is 2. The van der Waals surface area contributed by atoms with E-state index in [9.17, 15) is 4.79 Å². The number of likely N-dealkylation sites (tertiary alicyclic amines) is 1. The van der Waals surface area contributed by atoms with E-state index < -0.39 is 0 Å². The molecule has 0 aliphatic carbocycles. The molecule has 0 saturated carbocycles. The Morgan fingerprint density at radius 3 is 2.85 bits per heavy atom. The molecule has 0 radical (unpaired) electrons. The second-order valence-corrected chi connectivity index (χ2v) is 6.85. The second-order valence-electron chi connectivity index (χ2n) is 6.85. The number of H-pyrrole nitrogens is 1. The predicted molar refractivity (Wildman–Crippen MR) is 104 cm³/mol. The number of aromatic amines is 1. The molecule has 1 atom stereocenters. The van der Waals surface area contributed by atoms with E-state index in [1.807, 2.05) is 18.3 Å². The van der Waals surface area contributed by atoms with Gasteiger partial charge in [0, 0.05) is 17.7 Å². The lowest BCUT2D eigenvalue weighted by atomic mass is 10.0. The summed E-state index contributed by atoms with van der Waals surface area (Å²) in [6, 6.07) is 12.2. The van der Waals surface area contributed by atoms with Crippen LogP contribution in [0.1, 0.15) is 18.4 Å². The molecule has 2 heterocycles. The molecule has 0 amide bonds. The maximum Gasteiger partial charge on any atom is 0.323 e. The van der Waals surface area contributed by atoms with Crippen LogP contribution in [0, 0.1) is 0 Å². The van der Waals surface area contributed by atoms with Crippen molar-refractivity contribution in [2.45, 2.75) is 25.4 Å². The molecule has 27 heavy (non-hydrogen) atoms. The van der Waals surface area contributed by atoms with E-state index in [-0.39, 0.29) is 12.0 Å². The summed E-state index contributed by atoms with van der Waals surface area (Å²) in [7, 11) is 3.12. The maximum atomic E-state index is 12.0. The summed E-state index contributed by atoms with van der Waals surface area (Å²) < 4.78 is 10.2. The van der Waals surface area contributed by atoms with Gasteiger partial charge in [-0.25, -0.2) is 0 Å². The van der Waals surface area contributed by atoms with Crippen LogP contribution >= 0.6 is 0 Å². The van der Waals surface area contributed by atoms with Crippen LogP contribution in [0.5, 0.6) is 5.75 Å². The second kappa shape index (κ2) is 7.40. The first kappa shape index (κ1) is 17.5. The third kappa shape index (κ3) is 3.40. The number of nitrogens with zero attached hydrogens (tertiary/aromatic N) is 2. The molecule has 6 heteroatoms. The average molecular weight is 365 g/mol. The van der Waals surface area contributed by atoms with Crippen molar-refractivity contribution >= 4 is 16.7 Å². The van der Waals surface area contributed by atoms with Crippen LogP contribution in [0.4, 0.5) is 0 Å². The van der Waals surface area contributed by atoms with Crippen molar-refractivity contribution in [3.05, 3.63) is 48.2 Å². The average Bonchev–Trinajstić information content (AvgIpc) is 3.36. The van der Waals surface area contributed by atoms with Crippen LogP contribution in [0.3, 0.4) is 0 Å². The largest absolute Gasteiger partial charge is 0.497 e. The van der Waals surface area contributed by atoms with Gasteiger partial charge in [-0.2, -0.15) is 5.10 Å². The normalized spacial score (nSPS) is 17.3. The van der Waals surface area contributed by atoms with Crippen LogP contribution in [-0.4, -0.2) is 47.9 Å². The molecule has 0 unspecified atom stereocenters. The lowest BCUT2D eigenvalue weighted by Gasteiger charge is -2.22. The first-order valence-corrected chi connectivity index (χ1v) is 9.12. The lowest BCUT2D eigenvalue weighted by molar-refractivity contribution is -0.146. The summed E-state index contributed by atoms with van der Waals surface area (Å²) in [6.45, 7) is 1.56. The fourth-order valence-corrected chi connectivity index (χ4v) is 3.82. The van der Waals surface area contributed by atoms with Gasteiger partial charge in [0.2, 0.25) is 0 Å². The Balaban J connectivity index is 1.62. The number of rotatable bonds is 5. The minimum Gasteiger partial charge on any atom is -0.497 e. The van der Waals surface area contributed by atoms with Gasteiger partial charge in [0.25, 0.3) is 0 Å². The van der Waals surface area contributed by atoms with Crippen molar-refractivity contribution in [2.75, 3.05) is 20.8 Å². The van der Waals surface area contributed by atoms with Crippen LogP contribution in [-0.2, 0) is 16.1 Å². The third-order valence-electron chi connectivity index (χ3n) is 5.26. The Bertz CT molecular complexity index is 966. The van der Waals surface area contributed by atoms with Crippen molar-refractivity contribution in [3.8, 4) is 17.0 Å². The SMILES string of the molecule is COC(=O)[C@@H]1CCCN1Cc1cn[nH]c1-c1ccc2cc(OC)ccc2c1. The molecule has 2 aromatic carbocycles. The maximum absolute atomic E-state index is 12.0. The van der Waals surface area contributed by atoms with E-state index in [1.54, 1.807) is 7.11 Å². The molecule has 140 valence electrons. The fraction of sp³-hybridized carbons (Fsp3) is 0.333. The monoisotopic (exact) mass is 365 g/mol. The van der Waals surface area contributed by atoms with E-state index in [0.717, 1.165) is 52.7 Å². The fourth-order valence-electron chi connectivity index (χ4n) is 3.82. The summed E-state index contributed by atoms with van der Waals surface area (Å²) in [5.41, 5.74) is 3.15. The van der Waals surface area contributed by atoms with E-state index >= 15 is 0 Å². The Morgan fingerprint density at radius 1 is 1.22 bits per heavy atom. The van der Waals surface area contributed by atoms with Gasteiger partial charge in [0.05, 0.1) is 26.1 Å². The number of nitrogens with one attached hydrogen (secondary N) is 1. The standard InChI is InChI=1S/C21H23N3O3/c1-26-18-8-7-14-10-16(6-5-15(14)11-18)20-17(12-22-23-20)13-24-9-3-4-19(24)21(25)27-2/h5-8,10-12,19H,3-4,9,13H2,1-2H3,(H,22,23)/t19-/m0/s1. The molecular weight excluding hydrogens is 342 g/mol. The zero-order chi connectivity index (χ0) is 18.8. The molecule has 6 nitrogen and oxygen atoms in total. The van der Waals surface area contributed by atoms with E-state index in [2.05, 4.69) is 39.4 Å². The summed E-state index contributed by atoms with van der Waals surface area (Å²) in [5, 5.41) is 9.64. The van der Waals surface area contributed by atoms with Crippen molar-refractivity contribution < 1.29 is 14.3 Å². The number of hydrogen-bond donors (Lipinski definition) is 1. The van der Waals surface area contributed by atoms with Crippen molar-refractivity contribution in [1.29, 1.82) is 0 Å². The highest BCUT2D eigenvalue weighted by atomic mass is 16.5. The first-order valence-electron chi connectivity index (χ1n) is 9.12. The van der Waals surface area contributed by atoms with Gasteiger partial charge in [-0.1, -0.05) is 18.2 Å². The van der Waals surface area contributed by atoms with Crippen molar-refractivity contribution in [1.82, 2.24) is 15.1 Å². The number of carbonyl (C=O) groups is 1. The van der Waals surface area contributed by atoms with Gasteiger partial charge in [-0.15, -0.1) is 0 Å². The molecule has 1 aromatic heterocycles. The predicted octanol–water partition coefficient (Wildman–Crippen LogP) is 3.38. The number of aromatic nitrogens is 2. The Labute approximate surface area is 158 Å². The lowest BCUT2D eigenvalue weighted by Crippen LogP contribution is -2.36. The summed E-state index contributed by atoms with van der Waals surface area (Å²) >= 11 is 0. The van der Waals surface area contributed by atoms with Crippen molar-refractivity contribution in [3.63, 3.8) is 0 Å². The third-order valence-corrected chi connectivity index (χ3v) is 5.26. The summed E-state index contributed by atoms with van der Waals surface area (Å²) in [6.07, 6.45) is 3.70. The van der Waals surface area contributed by atoms with Crippen LogP contribution < -0.4 is 4.74 Å². The first-order chi connectivity index (χ1) is 13.2. The van der Waals surface area contributed by atoms with Gasteiger partial charge in [0.1, 0.15) is 11.8 Å². The quantitative estimate of drug-likeness (QED) is 0.702. The molecule has 0 spiro atoms. The minimum absolute atomic E-state index is 0.155. The molecule has 4 rings (SSSR count). The molecular formula is C21H23N3O3. The Morgan fingerprint density at radius 2 is 2.04 bits per heavy atom. The van der Waals surface area contributed by atoms with Gasteiger partial charge >= 0.3 is 5.97 Å². The highest BCUT2D eigenvalue weighted by Crippen LogP contribution is 2.29. The zero-order valence-electron chi connectivity index (χ0n) is 15.6. The molecule has 1 aliphatic rings. The molecule has 1 saturated heterocycles. The number of carbonyl (C=O) groups excluding carboxylic acids is 1. The molecule has 1 N–H and O–H groups in total. The topological polar surface area (TPSA) is 67.5 Å². The summed E-state index contributed by atoms with van der Waals surface area (Å²) in [4.78, 5) is 14.2. The number of ether oxygens (including phenoxy) is 2. The number of hydrogen-bond acceptors (Lipinski definition) is 5. The number of benzene rings is 2.